The molecule has 0 aromatic heterocycles. The second-order valence-corrected chi connectivity index (χ2v) is 8.88. The van der Waals surface area contributed by atoms with Crippen molar-refractivity contribution >= 4 is 7.82 Å². The molecule has 29 heavy (non-hydrogen) atoms. The van der Waals surface area contributed by atoms with Gasteiger partial charge in [-0.25, -0.2) is 4.57 Å². The first-order valence-electron chi connectivity index (χ1n) is 11.3. The maximum atomic E-state index is 11.4. The summed E-state index contributed by atoms with van der Waals surface area (Å²) in [4.78, 5) is 9.30. The summed E-state index contributed by atoms with van der Waals surface area (Å²) in [5, 5.41) is 9.66. The second-order valence-electron chi connectivity index (χ2n) is 7.42. The minimum atomic E-state index is -4.15. The van der Waals surface area contributed by atoms with Gasteiger partial charge in [0.05, 0.1) is 19.5 Å². The first-order valence-corrected chi connectivity index (χ1v) is 12.8. The monoisotopic (exact) mass is 437 g/mol. The van der Waals surface area contributed by atoms with Crippen LogP contribution in [0, 0.1) is 0 Å². The molecule has 0 rings (SSSR count). The van der Waals surface area contributed by atoms with Gasteiger partial charge in [0, 0.05) is 6.54 Å². The molecule has 0 aromatic rings. The first kappa shape index (κ1) is 28.6. The molecule has 0 aliphatic heterocycles. The third kappa shape index (κ3) is 22.1. The van der Waals surface area contributed by atoms with Crippen LogP contribution in [0.5, 0.6) is 0 Å². The fraction of sp³-hybridized carbons (Fsp3) is 0.905. The SMILES string of the molecule is CCCCCCCCCCCCCCC=COC[C@@H](O)COP(=O)(O)OCCN. The van der Waals surface area contributed by atoms with E-state index in [1.807, 2.05) is 6.08 Å². The summed E-state index contributed by atoms with van der Waals surface area (Å²) < 4.78 is 25.8. The van der Waals surface area contributed by atoms with Gasteiger partial charge < -0.3 is 20.5 Å². The molecule has 0 saturated carbocycles. The minimum Gasteiger partial charge on any atom is -0.499 e. The van der Waals surface area contributed by atoms with Gasteiger partial charge in [-0.2, -0.15) is 0 Å². The molecule has 8 heteroatoms. The van der Waals surface area contributed by atoms with Crippen LogP contribution in [0.15, 0.2) is 12.3 Å². The van der Waals surface area contributed by atoms with Crippen molar-refractivity contribution in [2.45, 2.75) is 96.5 Å². The lowest BCUT2D eigenvalue weighted by Gasteiger charge is -2.14. The molecule has 0 radical (unpaired) electrons. The number of phosphoric ester groups is 1. The van der Waals surface area contributed by atoms with Gasteiger partial charge >= 0.3 is 7.82 Å². The van der Waals surface area contributed by atoms with Crippen molar-refractivity contribution in [1.82, 2.24) is 0 Å². The Morgan fingerprint density at radius 3 is 2.00 bits per heavy atom. The molecule has 0 saturated heterocycles. The van der Waals surface area contributed by atoms with Crippen LogP contribution in [0.25, 0.3) is 0 Å². The molecular formula is C21H44NO6P. The maximum Gasteiger partial charge on any atom is 0.472 e. The fourth-order valence-electron chi connectivity index (χ4n) is 2.84. The molecule has 0 aliphatic carbocycles. The van der Waals surface area contributed by atoms with Crippen LogP contribution in [0.4, 0.5) is 0 Å². The van der Waals surface area contributed by atoms with Gasteiger partial charge in [0.1, 0.15) is 12.7 Å². The van der Waals surface area contributed by atoms with Gasteiger partial charge in [0.2, 0.25) is 0 Å². The Bertz CT molecular complexity index is 422. The van der Waals surface area contributed by atoms with E-state index >= 15 is 0 Å². The van der Waals surface area contributed by atoms with E-state index in [2.05, 4.69) is 16.0 Å². The molecule has 0 amide bonds. The standard InChI is InChI=1S/C21H44NO6P/c1-2-3-4-5-6-7-8-9-10-11-12-13-14-15-17-26-19-21(23)20-28-29(24,25)27-18-16-22/h15,17,21,23H,2-14,16,18-20,22H2,1H3,(H,24,25)/t21-/m1/s1. The predicted molar refractivity (Wildman–Crippen MR) is 118 cm³/mol. The first-order chi connectivity index (χ1) is 14.0. The lowest BCUT2D eigenvalue weighted by Crippen LogP contribution is -2.20. The van der Waals surface area contributed by atoms with E-state index in [1.165, 1.54) is 70.6 Å². The summed E-state index contributed by atoms with van der Waals surface area (Å²) in [6, 6.07) is 0. The van der Waals surface area contributed by atoms with Crippen LogP contribution < -0.4 is 5.73 Å². The topological polar surface area (TPSA) is 111 Å². The number of ether oxygens (including phenoxy) is 1. The number of allylic oxidation sites excluding steroid dienone is 1. The minimum absolute atomic E-state index is 0.00810. The van der Waals surface area contributed by atoms with Crippen LogP contribution in [0.2, 0.25) is 0 Å². The number of unbranched alkanes of at least 4 members (excludes halogenated alkanes) is 12. The third-order valence-corrected chi connectivity index (χ3v) is 5.49. The molecule has 174 valence electrons. The molecule has 0 bridgehead atoms. The number of aliphatic hydroxyl groups excluding tert-OH is 1. The van der Waals surface area contributed by atoms with E-state index in [9.17, 15) is 14.6 Å². The Morgan fingerprint density at radius 1 is 0.897 bits per heavy atom. The van der Waals surface area contributed by atoms with E-state index in [4.69, 9.17) is 10.5 Å². The number of rotatable bonds is 22. The average Bonchev–Trinajstić information content (AvgIpc) is 2.70. The highest BCUT2D eigenvalue weighted by Gasteiger charge is 2.22. The molecule has 1 unspecified atom stereocenters. The largest absolute Gasteiger partial charge is 0.499 e. The molecule has 4 N–H and O–H groups in total. The van der Waals surface area contributed by atoms with E-state index in [-0.39, 0.29) is 26.4 Å². The Labute approximate surface area is 177 Å². The quantitative estimate of drug-likeness (QED) is 0.123. The van der Waals surface area contributed by atoms with Crippen molar-refractivity contribution in [3.8, 4) is 0 Å². The highest BCUT2D eigenvalue weighted by molar-refractivity contribution is 7.47. The van der Waals surface area contributed by atoms with Gasteiger partial charge in [-0.3, -0.25) is 9.05 Å². The molecule has 0 aliphatic rings. The Kier molecular flexibility index (Phi) is 20.5. The number of hydrogen-bond acceptors (Lipinski definition) is 6. The summed E-state index contributed by atoms with van der Waals surface area (Å²) in [5.41, 5.74) is 5.18. The number of nitrogens with two attached hydrogens (primary N) is 1. The second kappa shape index (κ2) is 20.8. The Morgan fingerprint density at radius 2 is 1.45 bits per heavy atom. The normalized spacial score (nSPS) is 14.9. The molecule has 2 atom stereocenters. The average molecular weight is 438 g/mol. The van der Waals surface area contributed by atoms with Crippen molar-refractivity contribution in [2.24, 2.45) is 5.73 Å². The summed E-state index contributed by atoms with van der Waals surface area (Å²) >= 11 is 0. The molecule has 0 spiro atoms. The molecule has 0 aromatic carbocycles. The predicted octanol–water partition coefficient (Wildman–Crippen LogP) is 5.06. The van der Waals surface area contributed by atoms with E-state index in [0.29, 0.717) is 0 Å². The van der Waals surface area contributed by atoms with Crippen LogP contribution >= 0.6 is 7.82 Å². The fourth-order valence-corrected chi connectivity index (χ4v) is 3.61. The zero-order valence-electron chi connectivity index (χ0n) is 18.3. The molecule has 0 heterocycles. The zero-order valence-corrected chi connectivity index (χ0v) is 19.2. The summed E-state index contributed by atoms with van der Waals surface area (Å²) in [6.07, 6.45) is 19.4. The molecule has 7 nitrogen and oxygen atoms in total. The zero-order chi connectivity index (χ0) is 21.6. The van der Waals surface area contributed by atoms with Crippen LogP contribution in [0.3, 0.4) is 0 Å². The maximum absolute atomic E-state index is 11.4. The van der Waals surface area contributed by atoms with Gasteiger partial charge in [-0.05, 0) is 18.9 Å². The van der Waals surface area contributed by atoms with Gasteiger partial charge in [-0.1, -0.05) is 77.6 Å². The Balaban J connectivity index is 3.38. The van der Waals surface area contributed by atoms with Crippen molar-refractivity contribution in [1.29, 1.82) is 0 Å². The summed E-state index contributed by atoms with van der Waals surface area (Å²) in [5.74, 6) is 0. The van der Waals surface area contributed by atoms with Gasteiger partial charge in [0.25, 0.3) is 0 Å². The van der Waals surface area contributed by atoms with Gasteiger partial charge in [-0.15, -0.1) is 0 Å². The lowest BCUT2D eigenvalue weighted by molar-refractivity contribution is 0.0311. The van der Waals surface area contributed by atoms with E-state index in [1.54, 1.807) is 6.26 Å². The van der Waals surface area contributed by atoms with Crippen molar-refractivity contribution in [3.63, 3.8) is 0 Å². The smallest absolute Gasteiger partial charge is 0.472 e. The van der Waals surface area contributed by atoms with Crippen molar-refractivity contribution in [2.75, 3.05) is 26.4 Å². The molecule has 0 fully saturated rings. The molecular weight excluding hydrogens is 393 g/mol. The highest BCUT2D eigenvalue weighted by Crippen LogP contribution is 2.42. The van der Waals surface area contributed by atoms with Crippen molar-refractivity contribution < 1.29 is 28.3 Å². The van der Waals surface area contributed by atoms with Crippen molar-refractivity contribution in [3.05, 3.63) is 12.3 Å². The van der Waals surface area contributed by atoms with Crippen LogP contribution in [-0.2, 0) is 18.3 Å². The number of phosphoric acid groups is 1. The van der Waals surface area contributed by atoms with E-state index < -0.39 is 13.9 Å². The lowest BCUT2D eigenvalue weighted by atomic mass is 10.0. The summed E-state index contributed by atoms with van der Waals surface area (Å²) in [6.45, 7) is 1.94. The van der Waals surface area contributed by atoms with Crippen LogP contribution in [-0.4, -0.2) is 42.5 Å². The van der Waals surface area contributed by atoms with E-state index in [0.717, 1.165) is 12.8 Å². The number of hydrogen-bond donors (Lipinski definition) is 3. The third-order valence-electron chi connectivity index (χ3n) is 4.51. The summed E-state index contributed by atoms with van der Waals surface area (Å²) in [7, 11) is -4.15. The van der Waals surface area contributed by atoms with Gasteiger partial charge in [0.15, 0.2) is 0 Å². The number of aliphatic hydroxyl groups is 1. The highest BCUT2D eigenvalue weighted by atomic mass is 31.2. The van der Waals surface area contributed by atoms with Crippen LogP contribution in [0.1, 0.15) is 90.4 Å². The Hall–Kier alpha value is -0.430.